The van der Waals surface area contributed by atoms with Crippen molar-refractivity contribution in [3.63, 3.8) is 0 Å². The molecule has 0 aliphatic heterocycles. The van der Waals surface area contributed by atoms with E-state index in [1.165, 1.54) is 0 Å². The molecule has 0 saturated carbocycles. The number of ether oxygens (including phenoxy) is 1. The molecule has 1 aliphatic carbocycles. The molecule has 0 amide bonds. The van der Waals surface area contributed by atoms with E-state index >= 15 is 0 Å². The van der Waals surface area contributed by atoms with E-state index < -0.39 is 17.7 Å². The van der Waals surface area contributed by atoms with Gasteiger partial charge >= 0.3 is 0 Å². The third-order valence-corrected chi connectivity index (χ3v) is 4.40. The molecule has 1 aliphatic rings. The average molecular weight is 285 g/mol. The van der Waals surface area contributed by atoms with Crippen LogP contribution in [0, 0.1) is 11.8 Å². The van der Waals surface area contributed by atoms with Crippen LogP contribution in [0.4, 0.5) is 0 Å². The van der Waals surface area contributed by atoms with Crippen LogP contribution in [0.15, 0.2) is 12.2 Å². The fraction of sp³-hybridized carbons (Fsp3) is 0.875. The van der Waals surface area contributed by atoms with Crippen molar-refractivity contribution in [1.29, 1.82) is 0 Å². The van der Waals surface area contributed by atoms with Crippen LogP contribution in [0.2, 0.25) is 0 Å². The van der Waals surface area contributed by atoms with Gasteiger partial charge in [0.15, 0.2) is 0 Å². The van der Waals surface area contributed by atoms with Crippen molar-refractivity contribution in [1.82, 2.24) is 5.32 Å². The summed E-state index contributed by atoms with van der Waals surface area (Å²) in [5.41, 5.74) is -0.399. The van der Waals surface area contributed by atoms with Crippen molar-refractivity contribution in [2.45, 2.75) is 58.3 Å². The fourth-order valence-corrected chi connectivity index (χ4v) is 2.18. The maximum Gasteiger partial charge on any atom is 0.0897 e. The molecule has 0 spiro atoms. The van der Waals surface area contributed by atoms with Crippen molar-refractivity contribution in [3.05, 3.63) is 12.2 Å². The fourth-order valence-electron chi connectivity index (χ4n) is 2.18. The minimum atomic E-state index is -0.539. The van der Waals surface area contributed by atoms with Gasteiger partial charge in [0.2, 0.25) is 0 Å². The Morgan fingerprint density at radius 2 is 1.95 bits per heavy atom. The lowest BCUT2D eigenvalue weighted by molar-refractivity contribution is 0.00550. The predicted molar refractivity (Wildman–Crippen MR) is 81.6 cm³/mol. The first kappa shape index (κ1) is 17.6. The SMILES string of the molecule is CC1CC=CCC1COCC(O)CNC(C)(C)C(C)O. The third-order valence-electron chi connectivity index (χ3n) is 4.40. The third kappa shape index (κ3) is 5.92. The van der Waals surface area contributed by atoms with Crippen LogP contribution in [0.5, 0.6) is 0 Å². The van der Waals surface area contributed by atoms with Crippen molar-refractivity contribution in [2.75, 3.05) is 19.8 Å². The highest BCUT2D eigenvalue weighted by Gasteiger charge is 2.24. The second kappa shape index (κ2) is 8.13. The van der Waals surface area contributed by atoms with Gasteiger partial charge < -0.3 is 20.3 Å². The molecule has 0 radical (unpaired) electrons. The minimum Gasteiger partial charge on any atom is -0.392 e. The highest BCUT2D eigenvalue weighted by molar-refractivity contribution is 4.93. The molecule has 0 heterocycles. The standard InChI is InChI=1S/C16H31NO3/c1-12-7-5-6-8-14(12)10-20-11-15(19)9-17-16(3,4)13(2)18/h5-6,12-15,17-19H,7-11H2,1-4H3. The van der Waals surface area contributed by atoms with Crippen molar-refractivity contribution < 1.29 is 14.9 Å². The van der Waals surface area contributed by atoms with Gasteiger partial charge in [0.25, 0.3) is 0 Å². The molecule has 4 atom stereocenters. The summed E-state index contributed by atoms with van der Waals surface area (Å²) in [4.78, 5) is 0. The van der Waals surface area contributed by atoms with E-state index in [0.29, 0.717) is 31.6 Å². The lowest BCUT2D eigenvalue weighted by Crippen LogP contribution is -2.51. The second-order valence-corrected chi connectivity index (χ2v) is 6.65. The Kier molecular flexibility index (Phi) is 7.17. The first-order chi connectivity index (χ1) is 9.33. The van der Waals surface area contributed by atoms with Gasteiger partial charge in [0.05, 0.1) is 25.4 Å². The number of hydrogen-bond donors (Lipinski definition) is 3. The monoisotopic (exact) mass is 285 g/mol. The number of rotatable bonds is 8. The summed E-state index contributed by atoms with van der Waals surface area (Å²) in [6.07, 6.45) is 5.65. The Morgan fingerprint density at radius 1 is 1.30 bits per heavy atom. The summed E-state index contributed by atoms with van der Waals surface area (Å²) in [7, 11) is 0. The Hall–Kier alpha value is -0.420. The summed E-state index contributed by atoms with van der Waals surface area (Å²) >= 11 is 0. The van der Waals surface area contributed by atoms with Gasteiger partial charge in [0, 0.05) is 12.1 Å². The molecular weight excluding hydrogens is 254 g/mol. The highest BCUT2D eigenvalue weighted by Crippen LogP contribution is 2.24. The van der Waals surface area contributed by atoms with Gasteiger partial charge in [-0.3, -0.25) is 0 Å². The lowest BCUT2D eigenvalue weighted by atomic mass is 9.85. The van der Waals surface area contributed by atoms with Gasteiger partial charge in [-0.05, 0) is 45.4 Å². The molecule has 20 heavy (non-hydrogen) atoms. The summed E-state index contributed by atoms with van der Waals surface area (Å²) in [6, 6.07) is 0. The van der Waals surface area contributed by atoms with E-state index in [4.69, 9.17) is 4.74 Å². The molecule has 0 fully saturated rings. The molecule has 1 rings (SSSR count). The van der Waals surface area contributed by atoms with Crippen LogP contribution in [-0.4, -0.2) is 47.7 Å². The number of aliphatic hydroxyl groups excluding tert-OH is 2. The van der Waals surface area contributed by atoms with Crippen LogP contribution < -0.4 is 5.32 Å². The molecule has 0 aromatic carbocycles. The van der Waals surface area contributed by atoms with Crippen LogP contribution in [-0.2, 0) is 4.74 Å². The smallest absolute Gasteiger partial charge is 0.0897 e. The maximum absolute atomic E-state index is 9.91. The molecule has 0 aromatic heterocycles. The van der Waals surface area contributed by atoms with Gasteiger partial charge in [0.1, 0.15) is 0 Å². The molecule has 0 bridgehead atoms. The molecule has 4 unspecified atom stereocenters. The quantitative estimate of drug-likeness (QED) is 0.594. The van der Waals surface area contributed by atoms with Crippen molar-refractivity contribution in [3.8, 4) is 0 Å². The predicted octanol–water partition coefficient (Wildman–Crippen LogP) is 1.72. The zero-order valence-electron chi connectivity index (χ0n) is 13.3. The Morgan fingerprint density at radius 3 is 2.55 bits per heavy atom. The molecule has 4 heteroatoms. The van der Waals surface area contributed by atoms with E-state index in [0.717, 1.165) is 12.8 Å². The number of aliphatic hydroxyl groups is 2. The summed E-state index contributed by atoms with van der Waals surface area (Å²) < 4.78 is 5.64. The average Bonchev–Trinajstić information content (AvgIpc) is 2.38. The van der Waals surface area contributed by atoms with E-state index in [9.17, 15) is 10.2 Å². The summed E-state index contributed by atoms with van der Waals surface area (Å²) in [5.74, 6) is 1.22. The van der Waals surface area contributed by atoms with Gasteiger partial charge in [-0.25, -0.2) is 0 Å². The molecule has 3 N–H and O–H groups in total. The normalized spacial score (nSPS) is 26.5. The molecule has 0 saturated heterocycles. The molecular formula is C16H31NO3. The number of β-amino-alcohol motifs (C(OH)–C–C–N with tert-alkyl or cyclic N) is 1. The zero-order valence-corrected chi connectivity index (χ0v) is 13.3. The van der Waals surface area contributed by atoms with Crippen LogP contribution in [0.25, 0.3) is 0 Å². The van der Waals surface area contributed by atoms with Crippen molar-refractivity contribution >= 4 is 0 Å². The number of hydrogen-bond acceptors (Lipinski definition) is 4. The van der Waals surface area contributed by atoms with Crippen LogP contribution in [0.3, 0.4) is 0 Å². The first-order valence-corrected chi connectivity index (χ1v) is 7.67. The highest BCUT2D eigenvalue weighted by atomic mass is 16.5. The first-order valence-electron chi connectivity index (χ1n) is 7.67. The van der Waals surface area contributed by atoms with Crippen LogP contribution in [0.1, 0.15) is 40.5 Å². The van der Waals surface area contributed by atoms with Crippen molar-refractivity contribution in [2.24, 2.45) is 11.8 Å². The van der Waals surface area contributed by atoms with E-state index in [1.807, 2.05) is 13.8 Å². The van der Waals surface area contributed by atoms with Gasteiger partial charge in [-0.2, -0.15) is 0 Å². The van der Waals surface area contributed by atoms with E-state index in [-0.39, 0.29) is 0 Å². The lowest BCUT2D eigenvalue weighted by Gasteiger charge is -2.31. The molecule has 0 aromatic rings. The number of nitrogens with one attached hydrogen (secondary N) is 1. The zero-order chi connectivity index (χ0) is 15.2. The maximum atomic E-state index is 9.91. The minimum absolute atomic E-state index is 0.343. The Balaban J connectivity index is 2.17. The topological polar surface area (TPSA) is 61.7 Å². The molecule has 118 valence electrons. The molecule has 4 nitrogen and oxygen atoms in total. The second-order valence-electron chi connectivity index (χ2n) is 6.65. The van der Waals surface area contributed by atoms with Gasteiger partial charge in [-0.1, -0.05) is 19.1 Å². The van der Waals surface area contributed by atoms with E-state index in [1.54, 1.807) is 6.92 Å². The Bertz CT molecular complexity index is 302. The largest absolute Gasteiger partial charge is 0.392 e. The van der Waals surface area contributed by atoms with E-state index in [2.05, 4.69) is 24.4 Å². The van der Waals surface area contributed by atoms with Crippen LogP contribution >= 0.6 is 0 Å². The number of allylic oxidation sites excluding steroid dienone is 2. The summed E-state index contributed by atoms with van der Waals surface area (Å²) in [6.45, 7) is 9.31. The Labute approximate surface area is 123 Å². The van der Waals surface area contributed by atoms with Gasteiger partial charge in [-0.15, -0.1) is 0 Å². The summed E-state index contributed by atoms with van der Waals surface area (Å²) in [5, 5.41) is 22.7.